The van der Waals surface area contributed by atoms with E-state index in [1.165, 1.54) is 12.1 Å². The van der Waals surface area contributed by atoms with Crippen LogP contribution in [0.2, 0.25) is 0 Å². The lowest BCUT2D eigenvalue weighted by Crippen LogP contribution is -2.41. The molecule has 3 rings (SSSR count). The molecule has 0 aromatic heterocycles. The summed E-state index contributed by atoms with van der Waals surface area (Å²) in [5.41, 5.74) is 3.21. The highest BCUT2D eigenvalue weighted by molar-refractivity contribution is 5.78. The van der Waals surface area contributed by atoms with Crippen molar-refractivity contribution in [1.82, 2.24) is 10.4 Å². The zero-order chi connectivity index (χ0) is 15.5. The predicted octanol–water partition coefficient (Wildman–Crippen LogP) is 1.46. The third kappa shape index (κ3) is 3.26. The highest BCUT2D eigenvalue weighted by Gasteiger charge is 2.25. The second-order valence-corrected chi connectivity index (χ2v) is 5.16. The Hall–Kier alpha value is -1.99. The quantitative estimate of drug-likeness (QED) is 0.918. The first-order chi connectivity index (χ1) is 10.6. The van der Waals surface area contributed by atoms with E-state index in [1.54, 1.807) is 11.0 Å². The molecule has 1 fully saturated rings. The Morgan fingerprint density at radius 1 is 1.32 bits per heavy atom. The summed E-state index contributed by atoms with van der Waals surface area (Å²) in [5.74, 6) is -1.35. The number of carbonyl (C=O) groups is 1. The van der Waals surface area contributed by atoms with Crippen molar-refractivity contribution >= 4 is 11.6 Å². The Bertz CT molecular complexity index is 600. The zero-order valence-corrected chi connectivity index (χ0v) is 11.9. The molecular weight excluding hydrogens is 294 g/mol. The van der Waals surface area contributed by atoms with Crippen LogP contribution in [0.15, 0.2) is 24.3 Å². The summed E-state index contributed by atoms with van der Waals surface area (Å²) in [6, 6.07) is 3.32. The summed E-state index contributed by atoms with van der Waals surface area (Å²) in [5, 5.41) is 0. The number of hydrogen-bond acceptors (Lipinski definition) is 4. The van der Waals surface area contributed by atoms with Gasteiger partial charge in [0.1, 0.15) is 17.7 Å². The van der Waals surface area contributed by atoms with Crippen LogP contribution >= 0.6 is 0 Å². The van der Waals surface area contributed by atoms with Crippen molar-refractivity contribution in [3.05, 3.63) is 41.5 Å². The summed E-state index contributed by atoms with van der Waals surface area (Å²) in [4.78, 5) is 19.1. The van der Waals surface area contributed by atoms with Gasteiger partial charge >= 0.3 is 0 Å². The van der Waals surface area contributed by atoms with E-state index in [-0.39, 0.29) is 17.9 Å². The molecule has 7 heteroatoms. The first-order valence-electron chi connectivity index (χ1n) is 7.08. The Labute approximate surface area is 126 Å². The summed E-state index contributed by atoms with van der Waals surface area (Å²) >= 11 is 0. The number of benzene rings is 1. The number of carbonyl (C=O) groups excluding carboxylic acids is 1. The molecule has 1 atom stereocenters. The molecule has 2 aliphatic rings. The molecule has 22 heavy (non-hydrogen) atoms. The van der Waals surface area contributed by atoms with Crippen molar-refractivity contribution in [2.45, 2.75) is 12.5 Å². The van der Waals surface area contributed by atoms with Gasteiger partial charge in [-0.25, -0.2) is 8.78 Å². The average Bonchev–Trinajstić information content (AvgIpc) is 2.96. The van der Waals surface area contributed by atoms with Crippen LogP contribution < -0.4 is 5.48 Å². The molecular formula is C15H16F2N2O3. The summed E-state index contributed by atoms with van der Waals surface area (Å²) in [6.07, 6.45) is 1.32. The molecule has 0 unspecified atom stereocenters. The molecule has 1 saturated heterocycles. The van der Waals surface area contributed by atoms with Gasteiger partial charge in [0.05, 0.1) is 25.3 Å². The number of ether oxygens (including phenoxy) is 1. The number of hydrogen-bond donors (Lipinski definition) is 1. The molecule has 0 spiro atoms. The number of morpholine rings is 1. The molecule has 0 radical (unpaired) electrons. The number of nitrogens with one attached hydrogen (secondary N) is 1. The van der Waals surface area contributed by atoms with E-state index >= 15 is 0 Å². The minimum atomic E-state index is -0.678. The minimum Gasteiger partial charge on any atom is -0.378 e. The molecule has 2 heterocycles. The van der Waals surface area contributed by atoms with Crippen molar-refractivity contribution in [2.75, 3.05) is 26.3 Å². The molecule has 5 nitrogen and oxygen atoms in total. The number of amides is 1. The first-order valence-corrected chi connectivity index (χ1v) is 7.08. The van der Waals surface area contributed by atoms with Crippen LogP contribution in [0, 0.1) is 11.6 Å². The lowest BCUT2D eigenvalue weighted by atomic mass is 10.1. The summed E-state index contributed by atoms with van der Waals surface area (Å²) in [6.45, 7) is 2.22. The molecule has 1 N–H and O–H groups in total. The highest BCUT2D eigenvalue weighted by Crippen LogP contribution is 2.23. The topological polar surface area (TPSA) is 50.8 Å². The predicted molar refractivity (Wildman–Crippen MR) is 74.4 cm³/mol. The largest absolute Gasteiger partial charge is 0.378 e. The average molecular weight is 310 g/mol. The van der Waals surface area contributed by atoms with E-state index in [4.69, 9.17) is 9.57 Å². The molecule has 0 saturated carbocycles. The molecule has 1 aromatic rings. The zero-order valence-electron chi connectivity index (χ0n) is 11.9. The van der Waals surface area contributed by atoms with Gasteiger partial charge < -0.3 is 9.64 Å². The molecule has 2 aliphatic heterocycles. The minimum absolute atomic E-state index is 0.0350. The maximum atomic E-state index is 13.7. The first kappa shape index (κ1) is 14.9. The molecule has 0 aliphatic carbocycles. The van der Waals surface area contributed by atoms with Gasteiger partial charge in [0.2, 0.25) is 5.91 Å². The van der Waals surface area contributed by atoms with Crippen molar-refractivity contribution in [3.63, 3.8) is 0 Å². The maximum Gasteiger partial charge on any atom is 0.225 e. The van der Waals surface area contributed by atoms with Crippen molar-refractivity contribution in [2.24, 2.45) is 0 Å². The number of halogens is 2. The van der Waals surface area contributed by atoms with Gasteiger partial charge in [-0.05, 0) is 18.2 Å². The molecule has 118 valence electrons. The van der Waals surface area contributed by atoms with Crippen LogP contribution in [0.3, 0.4) is 0 Å². The van der Waals surface area contributed by atoms with Crippen LogP contribution in [0.5, 0.6) is 0 Å². The third-order valence-corrected chi connectivity index (χ3v) is 3.63. The van der Waals surface area contributed by atoms with E-state index in [0.29, 0.717) is 32.0 Å². The second kappa shape index (κ2) is 6.41. The second-order valence-electron chi connectivity index (χ2n) is 5.16. The smallest absolute Gasteiger partial charge is 0.225 e. The van der Waals surface area contributed by atoms with Gasteiger partial charge in [-0.3, -0.25) is 15.1 Å². The van der Waals surface area contributed by atoms with Crippen LogP contribution in [0.25, 0.3) is 5.70 Å². The Kier molecular flexibility index (Phi) is 4.35. The molecule has 1 amide bonds. The van der Waals surface area contributed by atoms with Gasteiger partial charge in [0.25, 0.3) is 0 Å². The SMILES string of the molecule is O=C(C[C@H]1C=C(c2ccc(F)cc2F)NO1)N1CCOCC1. The number of hydroxylamine groups is 1. The van der Waals surface area contributed by atoms with E-state index in [2.05, 4.69) is 5.48 Å². The monoisotopic (exact) mass is 310 g/mol. The Morgan fingerprint density at radius 3 is 2.82 bits per heavy atom. The maximum absolute atomic E-state index is 13.7. The van der Waals surface area contributed by atoms with E-state index in [0.717, 1.165) is 6.07 Å². The van der Waals surface area contributed by atoms with Gasteiger partial charge in [-0.2, -0.15) is 0 Å². The molecule has 1 aromatic carbocycles. The van der Waals surface area contributed by atoms with Gasteiger partial charge in [0, 0.05) is 24.7 Å². The Balaban J connectivity index is 1.65. The molecule has 0 bridgehead atoms. The van der Waals surface area contributed by atoms with Crippen molar-refractivity contribution < 1.29 is 23.1 Å². The highest BCUT2D eigenvalue weighted by atomic mass is 19.1. The van der Waals surface area contributed by atoms with Crippen LogP contribution in [-0.2, 0) is 14.4 Å². The van der Waals surface area contributed by atoms with Crippen molar-refractivity contribution in [1.29, 1.82) is 0 Å². The number of nitrogens with zero attached hydrogens (tertiary/aromatic N) is 1. The van der Waals surface area contributed by atoms with Crippen molar-refractivity contribution in [3.8, 4) is 0 Å². The fourth-order valence-corrected chi connectivity index (χ4v) is 2.46. The van der Waals surface area contributed by atoms with Gasteiger partial charge in [0.15, 0.2) is 0 Å². The van der Waals surface area contributed by atoms with Crippen LogP contribution in [-0.4, -0.2) is 43.2 Å². The summed E-state index contributed by atoms with van der Waals surface area (Å²) in [7, 11) is 0. The lowest BCUT2D eigenvalue weighted by molar-refractivity contribution is -0.137. The van der Waals surface area contributed by atoms with Gasteiger partial charge in [-0.15, -0.1) is 0 Å². The van der Waals surface area contributed by atoms with E-state index < -0.39 is 17.7 Å². The standard InChI is InChI=1S/C15H16F2N2O3/c16-10-1-2-12(13(17)7-10)14-8-11(22-18-14)9-15(20)19-3-5-21-6-4-19/h1-2,7-8,11,18H,3-6,9H2/t11-/m1/s1. The fourth-order valence-electron chi connectivity index (χ4n) is 2.46. The number of rotatable bonds is 3. The fraction of sp³-hybridized carbons (Fsp3) is 0.400. The summed E-state index contributed by atoms with van der Waals surface area (Å²) < 4.78 is 31.8. The van der Waals surface area contributed by atoms with E-state index in [9.17, 15) is 13.6 Å². The van der Waals surface area contributed by atoms with Crippen LogP contribution in [0.1, 0.15) is 12.0 Å². The Morgan fingerprint density at radius 2 is 2.09 bits per heavy atom. The van der Waals surface area contributed by atoms with E-state index in [1.807, 2.05) is 0 Å². The van der Waals surface area contributed by atoms with Crippen LogP contribution in [0.4, 0.5) is 8.78 Å². The third-order valence-electron chi connectivity index (χ3n) is 3.63. The lowest BCUT2D eigenvalue weighted by Gasteiger charge is -2.27. The van der Waals surface area contributed by atoms with Gasteiger partial charge in [-0.1, -0.05) is 0 Å². The normalized spacial score (nSPS) is 21.5.